The molecule has 1 fully saturated rings. The molecule has 2 aromatic rings. The summed E-state index contributed by atoms with van der Waals surface area (Å²) < 4.78 is 4.62. The van der Waals surface area contributed by atoms with E-state index in [0.29, 0.717) is 39.8 Å². The molecule has 10 heteroatoms. The Morgan fingerprint density at radius 3 is 2.37 bits per heavy atom. The number of carboxylic acids is 1. The average molecular weight is 679 g/mol. The van der Waals surface area contributed by atoms with Gasteiger partial charge in [0.05, 0.1) is 41.0 Å². The van der Waals surface area contributed by atoms with Gasteiger partial charge in [0.1, 0.15) is 5.78 Å². The van der Waals surface area contributed by atoms with E-state index in [9.17, 15) is 24.6 Å². The summed E-state index contributed by atoms with van der Waals surface area (Å²) in [5, 5.41) is 33.6. The third-order valence-corrected chi connectivity index (χ3v) is 8.80. The zero-order valence-electron chi connectivity index (χ0n) is 27.1. The number of halogens is 2. The van der Waals surface area contributed by atoms with Crippen LogP contribution in [0.3, 0.4) is 0 Å². The molecule has 0 amide bonds. The second kappa shape index (κ2) is 20.4. The monoisotopic (exact) mass is 677 g/mol. The smallest absolute Gasteiger partial charge is 0.307 e. The number of ketones is 1. The number of rotatable bonds is 17. The maximum Gasteiger partial charge on any atom is 0.307 e. The Kier molecular flexibility index (Phi) is 17.4. The van der Waals surface area contributed by atoms with Gasteiger partial charge in [-0.15, -0.1) is 0 Å². The SMILES string of the molecule is CCCCC(C)(O)CC=C[C@H]1[C@H](O)CC(=O)[C@@H]1CCCCCCC(=O)OC.O=C(O)Cc1ccccc1Nc1c(Cl)cccc1Cl. The normalized spacial score (nSPS) is 18.9. The van der Waals surface area contributed by atoms with Gasteiger partial charge in [-0.2, -0.15) is 0 Å². The van der Waals surface area contributed by atoms with Gasteiger partial charge < -0.3 is 25.4 Å². The molecule has 1 aliphatic rings. The Labute approximate surface area is 283 Å². The van der Waals surface area contributed by atoms with E-state index < -0.39 is 17.7 Å². The number of methoxy groups -OCH3 is 1. The maximum absolute atomic E-state index is 12.2. The molecule has 8 nitrogen and oxygen atoms in total. The number of ether oxygens (including phenoxy) is 1. The molecule has 3 rings (SSSR count). The summed E-state index contributed by atoms with van der Waals surface area (Å²) in [6.45, 7) is 3.95. The lowest BCUT2D eigenvalue weighted by atomic mass is 9.87. The summed E-state index contributed by atoms with van der Waals surface area (Å²) in [6.07, 6.45) is 11.6. The molecule has 0 bridgehead atoms. The van der Waals surface area contributed by atoms with Crippen LogP contribution >= 0.6 is 23.2 Å². The number of carboxylic acid groups (broad SMARTS) is 1. The molecule has 4 N–H and O–H groups in total. The summed E-state index contributed by atoms with van der Waals surface area (Å²) in [6, 6.07) is 12.3. The highest BCUT2D eigenvalue weighted by Gasteiger charge is 2.39. The summed E-state index contributed by atoms with van der Waals surface area (Å²) in [4.78, 5) is 34.2. The minimum absolute atomic E-state index is 0.0642. The van der Waals surface area contributed by atoms with Gasteiger partial charge in [-0.1, -0.05) is 98.6 Å². The first-order valence-corrected chi connectivity index (χ1v) is 16.8. The number of benzene rings is 2. The summed E-state index contributed by atoms with van der Waals surface area (Å²) in [7, 11) is 1.40. The van der Waals surface area contributed by atoms with Crippen molar-refractivity contribution in [1.82, 2.24) is 0 Å². The number of carbonyl (C=O) groups excluding carboxylic acids is 2. The summed E-state index contributed by atoms with van der Waals surface area (Å²) in [5.74, 6) is -1.19. The third kappa shape index (κ3) is 13.8. The Morgan fingerprint density at radius 1 is 1.04 bits per heavy atom. The van der Waals surface area contributed by atoms with Crippen LogP contribution in [0.5, 0.6) is 0 Å². The zero-order valence-corrected chi connectivity index (χ0v) is 28.7. The van der Waals surface area contributed by atoms with Gasteiger partial charge >= 0.3 is 11.9 Å². The highest BCUT2D eigenvalue weighted by molar-refractivity contribution is 6.39. The van der Waals surface area contributed by atoms with E-state index in [0.717, 1.165) is 51.4 Å². The van der Waals surface area contributed by atoms with Crippen LogP contribution < -0.4 is 5.32 Å². The van der Waals surface area contributed by atoms with Crippen LogP contribution in [0.25, 0.3) is 0 Å². The van der Waals surface area contributed by atoms with E-state index in [-0.39, 0.29) is 36.4 Å². The van der Waals surface area contributed by atoms with Gasteiger partial charge in [-0.3, -0.25) is 14.4 Å². The Morgan fingerprint density at radius 2 is 1.72 bits per heavy atom. The average Bonchev–Trinajstić information content (AvgIpc) is 3.27. The van der Waals surface area contributed by atoms with Crippen molar-refractivity contribution in [2.45, 2.75) is 103 Å². The second-order valence-electron chi connectivity index (χ2n) is 12.1. The van der Waals surface area contributed by atoms with Gasteiger partial charge in [0.15, 0.2) is 0 Å². The molecule has 1 unspecified atom stereocenters. The first kappa shape index (κ1) is 39.3. The number of anilines is 2. The number of nitrogens with one attached hydrogen (secondary N) is 1. The van der Waals surface area contributed by atoms with Crippen LogP contribution in [0.1, 0.15) is 90.0 Å². The zero-order chi connectivity index (χ0) is 34.1. The first-order valence-electron chi connectivity index (χ1n) is 16.1. The molecule has 2 aromatic carbocycles. The molecule has 0 saturated heterocycles. The molecule has 4 atom stereocenters. The van der Waals surface area contributed by atoms with Crippen LogP contribution in [-0.2, 0) is 25.5 Å². The lowest BCUT2D eigenvalue weighted by Crippen LogP contribution is -2.23. The Balaban J connectivity index is 0.000000339. The number of para-hydroxylation sites is 2. The molecule has 0 spiro atoms. The van der Waals surface area contributed by atoms with E-state index in [2.05, 4.69) is 17.0 Å². The van der Waals surface area contributed by atoms with Gasteiger partial charge in [0.25, 0.3) is 0 Å². The van der Waals surface area contributed by atoms with Gasteiger partial charge in [-0.25, -0.2) is 0 Å². The fourth-order valence-corrected chi connectivity index (χ4v) is 6.02. The lowest BCUT2D eigenvalue weighted by Gasteiger charge is -2.22. The highest BCUT2D eigenvalue weighted by atomic mass is 35.5. The number of hydrogen-bond donors (Lipinski definition) is 4. The van der Waals surface area contributed by atoms with Crippen LogP contribution in [0.2, 0.25) is 10.0 Å². The quantitative estimate of drug-likeness (QED) is 0.0746. The summed E-state index contributed by atoms with van der Waals surface area (Å²) in [5.41, 5.74) is 1.20. The standard InChI is InChI=1S/C22H38O5.C14H11Cl2NO2/c1-4-5-14-22(2,26)15-10-12-18-17(19(23)16-20(18)24)11-8-6-7-9-13-21(25)27-3;15-10-5-3-6-11(16)14(10)17-12-7-2-1-4-9(12)8-13(18)19/h10,12,17-18,20,24,26H,4-9,11,13-16H2,1-3H3;1-7,17H,8H2,(H,18,19)/t17-,18-,20-,22?;/m1./s1. The molecule has 0 radical (unpaired) electrons. The fraction of sp³-hybridized carbons (Fsp3) is 0.528. The number of aliphatic hydroxyl groups excluding tert-OH is 1. The van der Waals surface area contributed by atoms with Crippen molar-refractivity contribution in [3.8, 4) is 0 Å². The van der Waals surface area contributed by atoms with Crippen LogP contribution in [0.4, 0.5) is 11.4 Å². The van der Waals surface area contributed by atoms with E-state index in [4.69, 9.17) is 28.3 Å². The van der Waals surface area contributed by atoms with Gasteiger partial charge in [0.2, 0.25) is 0 Å². The molecule has 0 heterocycles. The molecule has 0 aromatic heterocycles. The largest absolute Gasteiger partial charge is 0.481 e. The molecular weight excluding hydrogens is 629 g/mol. The molecule has 1 aliphatic carbocycles. The van der Waals surface area contributed by atoms with Crippen LogP contribution in [0.15, 0.2) is 54.6 Å². The third-order valence-electron chi connectivity index (χ3n) is 8.17. The highest BCUT2D eigenvalue weighted by Crippen LogP contribution is 2.35. The van der Waals surface area contributed by atoms with Crippen molar-refractivity contribution in [3.63, 3.8) is 0 Å². The molecule has 254 valence electrons. The fourth-order valence-electron chi connectivity index (χ4n) is 5.53. The number of hydrogen-bond acceptors (Lipinski definition) is 7. The van der Waals surface area contributed by atoms with E-state index in [1.54, 1.807) is 36.4 Å². The molecule has 1 saturated carbocycles. The van der Waals surface area contributed by atoms with Crippen molar-refractivity contribution < 1.29 is 34.4 Å². The second-order valence-corrected chi connectivity index (χ2v) is 12.9. The van der Waals surface area contributed by atoms with Crippen LogP contribution in [-0.4, -0.2) is 51.9 Å². The van der Waals surface area contributed by atoms with Gasteiger partial charge in [-0.05, 0) is 56.4 Å². The maximum atomic E-state index is 12.2. The van der Waals surface area contributed by atoms with Gasteiger partial charge in [0, 0.05) is 30.4 Å². The van der Waals surface area contributed by atoms with Crippen molar-refractivity contribution in [1.29, 1.82) is 0 Å². The number of carbonyl (C=O) groups is 3. The minimum Gasteiger partial charge on any atom is -0.481 e. The lowest BCUT2D eigenvalue weighted by molar-refractivity contribution is -0.140. The molecule has 46 heavy (non-hydrogen) atoms. The number of Topliss-reactive ketones (excluding diaryl/α,β-unsaturated/α-hetero) is 1. The van der Waals surface area contributed by atoms with E-state index in [1.807, 2.05) is 25.1 Å². The van der Waals surface area contributed by atoms with Crippen molar-refractivity contribution in [2.24, 2.45) is 11.8 Å². The number of unbranched alkanes of at least 4 members (excludes halogenated alkanes) is 4. The van der Waals surface area contributed by atoms with E-state index in [1.165, 1.54) is 7.11 Å². The Hall–Kier alpha value is -2.91. The number of aliphatic carboxylic acids is 1. The minimum atomic E-state index is -0.889. The Bertz CT molecular complexity index is 1280. The van der Waals surface area contributed by atoms with Crippen molar-refractivity contribution in [3.05, 3.63) is 70.2 Å². The predicted molar refractivity (Wildman–Crippen MR) is 184 cm³/mol. The molecule has 0 aliphatic heterocycles. The predicted octanol–water partition coefficient (Wildman–Crippen LogP) is 8.32. The van der Waals surface area contributed by atoms with Crippen LogP contribution in [0, 0.1) is 11.8 Å². The molecular formula is C36H49Cl2NO7. The van der Waals surface area contributed by atoms with Crippen molar-refractivity contribution in [2.75, 3.05) is 12.4 Å². The number of esters is 1. The number of aliphatic hydroxyl groups is 2. The summed E-state index contributed by atoms with van der Waals surface area (Å²) >= 11 is 12.1. The topological polar surface area (TPSA) is 133 Å². The first-order chi connectivity index (χ1) is 21.9. The van der Waals surface area contributed by atoms with E-state index >= 15 is 0 Å². The van der Waals surface area contributed by atoms with Crippen molar-refractivity contribution >= 4 is 52.3 Å².